The van der Waals surface area contributed by atoms with Gasteiger partial charge in [0.25, 0.3) is 0 Å². The number of methoxy groups -OCH3 is 1. The fourth-order valence-corrected chi connectivity index (χ4v) is 5.48. The van der Waals surface area contributed by atoms with E-state index in [9.17, 15) is 8.42 Å². The van der Waals surface area contributed by atoms with Crippen molar-refractivity contribution in [2.45, 2.75) is 22.3 Å². The summed E-state index contributed by atoms with van der Waals surface area (Å²) < 4.78 is 39.4. The average Bonchev–Trinajstić information content (AvgIpc) is 3.26. The van der Waals surface area contributed by atoms with Gasteiger partial charge in [-0.1, -0.05) is 36.0 Å². The number of morpholine rings is 1. The Morgan fingerprint density at radius 3 is 2.61 bits per heavy atom. The zero-order chi connectivity index (χ0) is 21.7. The van der Waals surface area contributed by atoms with E-state index in [1.54, 1.807) is 30.0 Å². The molecule has 2 aromatic carbocycles. The predicted molar refractivity (Wildman–Crippen MR) is 115 cm³/mol. The zero-order valence-electron chi connectivity index (χ0n) is 17.0. The van der Waals surface area contributed by atoms with Gasteiger partial charge in [-0.15, -0.1) is 5.10 Å². The second-order valence-electron chi connectivity index (χ2n) is 6.92. The summed E-state index contributed by atoms with van der Waals surface area (Å²) in [7, 11) is -1.89. The molecule has 1 aliphatic rings. The molecule has 164 valence electrons. The molecule has 0 saturated carbocycles. The normalized spacial score (nSPS) is 15.1. The molecule has 1 aromatic heterocycles. The standard InChI is InChI=1S/C20H23N5O4S2/c1-28-18-7-5-16(6-8-18)14-25-20(21-22-23-25)30-15-17-3-2-4-19(13-17)31(26,27)24-9-11-29-12-10-24/h2-8,13H,9-12,14-15H2,1H3. The highest BCUT2D eigenvalue weighted by molar-refractivity contribution is 7.98. The van der Waals surface area contributed by atoms with Crippen molar-refractivity contribution in [3.63, 3.8) is 0 Å². The largest absolute Gasteiger partial charge is 0.497 e. The highest BCUT2D eigenvalue weighted by atomic mass is 32.2. The summed E-state index contributed by atoms with van der Waals surface area (Å²) in [5.74, 6) is 1.34. The minimum absolute atomic E-state index is 0.297. The minimum atomic E-state index is -3.52. The quantitative estimate of drug-likeness (QED) is 0.470. The fraction of sp³-hybridized carbons (Fsp3) is 0.350. The molecule has 0 N–H and O–H groups in total. The lowest BCUT2D eigenvalue weighted by molar-refractivity contribution is 0.0730. The van der Waals surface area contributed by atoms with Gasteiger partial charge < -0.3 is 9.47 Å². The van der Waals surface area contributed by atoms with Gasteiger partial charge in [0, 0.05) is 18.8 Å². The number of hydrogen-bond donors (Lipinski definition) is 0. The number of rotatable bonds is 8. The van der Waals surface area contributed by atoms with Crippen LogP contribution in [0.3, 0.4) is 0 Å². The summed E-state index contributed by atoms with van der Waals surface area (Å²) in [5.41, 5.74) is 1.94. The van der Waals surface area contributed by atoms with Gasteiger partial charge in [0.15, 0.2) is 0 Å². The Morgan fingerprint density at radius 1 is 1.10 bits per heavy atom. The third-order valence-corrected chi connectivity index (χ3v) is 7.79. The number of sulfonamides is 1. The molecule has 0 amide bonds. The maximum Gasteiger partial charge on any atom is 0.243 e. The molecule has 4 rings (SSSR count). The van der Waals surface area contributed by atoms with Crippen LogP contribution < -0.4 is 4.74 Å². The van der Waals surface area contributed by atoms with Gasteiger partial charge in [-0.05, 0) is 45.8 Å². The lowest BCUT2D eigenvalue weighted by atomic mass is 10.2. The van der Waals surface area contributed by atoms with E-state index in [2.05, 4.69) is 15.5 Å². The first-order chi connectivity index (χ1) is 15.1. The van der Waals surface area contributed by atoms with Gasteiger partial charge in [-0.2, -0.15) is 4.31 Å². The van der Waals surface area contributed by atoms with E-state index in [1.807, 2.05) is 30.3 Å². The highest BCUT2D eigenvalue weighted by Gasteiger charge is 2.26. The number of aromatic nitrogens is 4. The smallest absolute Gasteiger partial charge is 0.243 e. The van der Waals surface area contributed by atoms with Crippen LogP contribution in [-0.2, 0) is 27.1 Å². The van der Waals surface area contributed by atoms with Crippen LogP contribution in [0.1, 0.15) is 11.1 Å². The summed E-state index contributed by atoms with van der Waals surface area (Å²) in [6.45, 7) is 2.13. The maximum atomic E-state index is 12.9. The first kappa shape index (κ1) is 21.8. The number of tetrazole rings is 1. The predicted octanol–water partition coefficient (Wildman–Crippen LogP) is 2.04. The summed E-state index contributed by atoms with van der Waals surface area (Å²) in [4.78, 5) is 0.297. The van der Waals surface area contributed by atoms with Crippen molar-refractivity contribution in [2.75, 3.05) is 33.4 Å². The molecule has 11 heteroatoms. The Labute approximate surface area is 185 Å². The number of nitrogens with zero attached hydrogens (tertiary/aromatic N) is 5. The summed E-state index contributed by atoms with van der Waals surface area (Å²) >= 11 is 1.46. The number of thioether (sulfide) groups is 1. The third kappa shape index (κ3) is 5.24. The van der Waals surface area contributed by atoms with Crippen molar-refractivity contribution in [1.82, 2.24) is 24.5 Å². The first-order valence-corrected chi connectivity index (χ1v) is 12.2. The van der Waals surface area contributed by atoms with E-state index in [0.717, 1.165) is 16.9 Å². The topological polar surface area (TPSA) is 99.4 Å². The van der Waals surface area contributed by atoms with Crippen LogP contribution in [0, 0.1) is 0 Å². The zero-order valence-corrected chi connectivity index (χ0v) is 18.7. The molecule has 0 spiro atoms. The van der Waals surface area contributed by atoms with Gasteiger partial charge in [0.1, 0.15) is 5.75 Å². The molecule has 9 nitrogen and oxygen atoms in total. The number of ether oxygens (including phenoxy) is 2. The molecule has 0 unspecified atom stereocenters. The molecular formula is C20H23N5O4S2. The summed E-state index contributed by atoms with van der Waals surface area (Å²) in [6.07, 6.45) is 0. The van der Waals surface area contributed by atoms with Gasteiger partial charge >= 0.3 is 0 Å². The summed E-state index contributed by atoms with van der Waals surface area (Å²) in [5, 5.41) is 12.6. The van der Waals surface area contributed by atoms with Crippen LogP contribution >= 0.6 is 11.8 Å². The van der Waals surface area contributed by atoms with Crippen molar-refractivity contribution < 1.29 is 17.9 Å². The molecule has 1 saturated heterocycles. The third-order valence-electron chi connectivity index (χ3n) is 4.86. The van der Waals surface area contributed by atoms with Crippen LogP contribution in [-0.4, -0.2) is 66.3 Å². The molecule has 31 heavy (non-hydrogen) atoms. The fourth-order valence-electron chi connectivity index (χ4n) is 3.18. The van der Waals surface area contributed by atoms with Crippen LogP contribution in [0.2, 0.25) is 0 Å². The Bertz CT molecular complexity index is 1110. The van der Waals surface area contributed by atoms with Crippen molar-refractivity contribution >= 4 is 21.8 Å². The molecular weight excluding hydrogens is 438 g/mol. The van der Waals surface area contributed by atoms with E-state index >= 15 is 0 Å². The lowest BCUT2D eigenvalue weighted by Crippen LogP contribution is -2.40. The lowest BCUT2D eigenvalue weighted by Gasteiger charge is -2.26. The van der Waals surface area contributed by atoms with E-state index in [0.29, 0.717) is 48.7 Å². The van der Waals surface area contributed by atoms with Gasteiger partial charge in [-0.3, -0.25) is 0 Å². The van der Waals surface area contributed by atoms with Crippen LogP contribution in [0.4, 0.5) is 0 Å². The number of benzene rings is 2. The Kier molecular flexibility index (Phi) is 6.86. The molecule has 0 atom stereocenters. The van der Waals surface area contributed by atoms with Crippen molar-refractivity contribution in [3.8, 4) is 5.75 Å². The van der Waals surface area contributed by atoms with Crippen LogP contribution in [0.5, 0.6) is 5.75 Å². The molecule has 0 aliphatic carbocycles. The van der Waals surface area contributed by atoms with Crippen molar-refractivity contribution in [3.05, 3.63) is 59.7 Å². The van der Waals surface area contributed by atoms with Gasteiger partial charge in [0.05, 0.1) is 31.8 Å². The Morgan fingerprint density at radius 2 is 1.87 bits per heavy atom. The number of hydrogen-bond acceptors (Lipinski definition) is 8. The Balaban J connectivity index is 1.43. The van der Waals surface area contributed by atoms with Crippen LogP contribution in [0.15, 0.2) is 58.6 Å². The molecule has 0 radical (unpaired) electrons. The van der Waals surface area contributed by atoms with Crippen molar-refractivity contribution in [1.29, 1.82) is 0 Å². The SMILES string of the molecule is COc1ccc(Cn2nnnc2SCc2cccc(S(=O)(=O)N3CCOCC3)c2)cc1. The molecule has 0 bridgehead atoms. The maximum absolute atomic E-state index is 12.9. The van der Waals surface area contributed by atoms with E-state index in [4.69, 9.17) is 9.47 Å². The summed E-state index contributed by atoms with van der Waals surface area (Å²) in [6, 6.07) is 14.7. The second-order valence-corrected chi connectivity index (χ2v) is 9.80. The Hall–Kier alpha value is -2.47. The molecule has 1 aliphatic heterocycles. The second kappa shape index (κ2) is 9.77. The van der Waals surface area contributed by atoms with E-state index in [-0.39, 0.29) is 0 Å². The molecule has 3 aromatic rings. The van der Waals surface area contributed by atoms with Gasteiger partial charge in [-0.25, -0.2) is 13.1 Å². The van der Waals surface area contributed by atoms with E-state index in [1.165, 1.54) is 16.1 Å². The van der Waals surface area contributed by atoms with E-state index < -0.39 is 10.0 Å². The minimum Gasteiger partial charge on any atom is -0.497 e. The molecule has 1 fully saturated rings. The van der Waals surface area contributed by atoms with Gasteiger partial charge in [0.2, 0.25) is 15.2 Å². The van der Waals surface area contributed by atoms with Crippen LogP contribution in [0.25, 0.3) is 0 Å². The molecule has 2 heterocycles. The first-order valence-electron chi connectivity index (χ1n) is 9.75. The average molecular weight is 462 g/mol. The van der Waals surface area contributed by atoms with Crippen molar-refractivity contribution in [2.24, 2.45) is 0 Å². The monoisotopic (exact) mass is 461 g/mol. The highest BCUT2D eigenvalue weighted by Crippen LogP contribution is 2.24.